The fourth-order valence-electron chi connectivity index (χ4n) is 3.82. The fourth-order valence-corrected chi connectivity index (χ4v) is 4.75. The van der Waals surface area contributed by atoms with Gasteiger partial charge in [0.25, 0.3) is 0 Å². The van der Waals surface area contributed by atoms with Crippen LogP contribution in [0.5, 0.6) is 0 Å². The Morgan fingerprint density at radius 2 is 1.77 bits per heavy atom. The number of carbonyl (C=O) groups is 1. The molecule has 2 aromatic carbocycles. The van der Waals surface area contributed by atoms with Crippen LogP contribution in [0.25, 0.3) is 11.4 Å². The van der Waals surface area contributed by atoms with Gasteiger partial charge in [0.05, 0.1) is 17.4 Å². The van der Waals surface area contributed by atoms with Crippen LogP contribution in [0.2, 0.25) is 0 Å². The molecule has 0 bridgehead atoms. The van der Waals surface area contributed by atoms with E-state index in [9.17, 15) is 9.18 Å². The van der Waals surface area contributed by atoms with Gasteiger partial charge in [0.15, 0.2) is 11.0 Å². The minimum atomic E-state index is -0.340. The molecule has 0 N–H and O–H groups in total. The van der Waals surface area contributed by atoms with Crippen molar-refractivity contribution >= 4 is 17.7 Å². The first-order chi connectivity index (χ1) is 15.0. The predicted octanol–water partition coefficient (Wildman–Crippen LogP) is 4.87. The molecule has 0 unspecified atom stereocenters. The molecule has 1 saturated heterocycles. The third-order valence-electron chi connectivity index (χ3n) is 5.74. The number of hydrogen-bond acceptors (Lipinski definition) is 4. The largest absolute Gasteiger partial charge is 0.342 e. The zero-order chi connectivity index (χ0) is 21.8. The number of aromatic nitrogens is 3. The van der Waals surface area contributed by atoms with E-state index in [1.165, 1.54) is 17.8 Å². The van der Waals surface area contributed by atoms with Crippen LogP contribution in [0.3, 0.4) is 0 Å². The predicted molar refractivity (Wildman–Crippen MR) is 121 cm³/mol. The van der Waals surface area contributed by atoms with Gasteiger partial charge in [-0.05, 0) is 43.4 Å². The normalized spacial score (nSPS) is 15.8. The van der Waals surface area contributed by atoms with Crippen LogP contribution in [-0.2, 0) is 11.3 Å². The molecule has 0 radical (unpaired) electrons. The average molecular weight is 439 g/mol. The van der Waals surface area contributed by atoms with Crippen LogP contribution in [0, 0.1) is 11.7 Å². The molecule has 1 amide bonds. The molecule has 1 aliphatic rings. The van der Waals surface area contributed by atoms with E-state index in [1.807, 2.05) is 46.7 Å². The Balaban J connectivity index is 1.61. The summed E-state index contributed by atoms with van der Waals surface area (Å²) < 4.78 is 16.4. The maximum atomic E-state index is 14.5. The first kappa shape index (κ1) is 21.6. The van der Waals surface area contributed by atoms with E-state index in [4.69, 9.17) is 0 Å². The molecule has 4 rings (SSSR count). The van der Waals surface area contributed by atoms with Gasteiger partial charge in [0.2, 0.25) is 5.91 Å². The van der Waals surface area contributed by atoms with E-state index < -0.39 is 0 Å². The van der Waals surface area contributed by atoms with Crippen molar-refractivity contribution in [3.05, 3.63) is 66.0 Å². The highest BCUT2D eigenvalue weighted by atomic mass is 32.2. The molecule has 162 valence electrons. The van der Waals surface area contributed by atoms with Crippen LogP contribution < -0.4 is 0 Å². The number of halogens is 1. The van der Waals surface area contributed by atoms with Crippen LogP contribution in [0.4, 0.5) is 4.39 Å². The lowest BCUT2D eigenvalue weighted by molar-refractivity contribution is -0.131. The molecule has 0 saturated carbocycles. The van der Waals surface area contributed by atoms with Crippen LogP contribution in [0.1, 0.15) is 32.3 Å². The average Bonchev–Trinajstić information content (AvgIpc) is 3.16. The number of thioether (sulfide) groups is 1. The summed E-state index contributed by atoms with van der Waals surface area (Å²) in [6.45, 7) is 6.26. The van der Waals surface area contributed by atoms with Gasteiger partial charge in [-0.2, -0.15) is 0 Å². The molecule has 1 atom stereocenters. The Bertz CT molecular complexity index is 1030. The summed E-state index contributed by atoms with van der Waals surface area (Å²) in [5.41, 5.74) is 1.47. The Morgan fingerprint density at radius 1 is 1.10 bits per heavy atom. The summed E-state index contributed by atoms with van der Waals surface area (Å²) in [4.78, 5) is 14.9. The summed E-state index contributed by atoms with van der Waals surface area (Å²) in [6, 6.07) is 16.5. The quantitative estimate of drug-likeness (QED) is 0.515. The van der Waals surface area contributed by atoms with Gasteiger partial charge >= 0.3 is 0 Å². The Labute approximate surface area is 186 Å². The minimum Gasteiger partial charge on any atom is -0.342 e. The van der Waals surface area contributed by atoms with Crippen molar-refractivity contribution in [2.45, 2.75) is 43.6 Å². The highest BCUT2D eigenvalue weighted by Gasteiger charge is 2.27. The number of hydrogen-bond donors (Lipinski definition) is 0. The molecular weight excluding hydrogens is 411 g/mol. The summed E-state index contributed by atoms with van der Waals surface area (Å²) in [6.07, 6.45) is 2.09. The van der Waals surface area contributed by atoms with Crippen LogP contribution in [0.15, 0.2) is 59.8 Å². The number of carbonyl (C=O) groups excluding carboxylic acids is 1. The number of amides is 1. The first-order valence-electron chi connectivity index (χ1n) is 10.7. The number of nitrogens with zero attached hydrogens (tertiary/aromatic N) is 4. The number of rotatable bonds is 6. The van der Waals surface area contributed by atoms with Crippen LogP contribution in [-0.4, -0.2) is 43.9 Å². The van der Waals surface area contributed by atoms with Crippen molar-refractivity contribution in [1.82, 2.24) is 19.7 Å². The second kappa shape index (κ2) is 9.64. The van der Waals surface area contributed by atoms with E-state index in [0.717, 1.165) is 31.5 Å². The lowest BCUT2D eigenvalue weighted by atomic mass is 9.99. The molecule has 0 spiro atoms. The van der Waals surface area contributed by atoms with Crippen molar-refractivity contribution < 1.29 is 9.18 Å². The molecule has 5 nitrogen and oxygen atoms in total. The lowest BCUT2D eigenvalue weighted by Gasteiger charge is -2.32. The zero-order valence-corrected chi connectivity index (χ0v) is 18.7. The van der Waals surface area contributed by atoms with Crippen molar-refractivity contribution in [2.24, 2.45) is 5.92 Å². The van der Waals surface area contributed by atoms with Crippen molar-refractivity contribution in [3.8, 4) is 11.4 Å². The monoisotopic (exact) mass is 438 g/mol. The molecule has 1 aromatic heterocycles. The molecule has 2 heterocycles. The van der Waals surface area contributed by atoms with Gasteiger partial charge in [0, 0.05) is 13.1 Å². The molecule has 3 aromatic rings. The van der Waals surface area contributed by atoms with E-state index in [2.05, 4.69) is 17.1 Å². The molecule has 0 aliphatic carbocycles. The minimum absolute atomic E-state index is 0.124. The van der Waals surface area contributed by atoms with E-state index >= 15 is 0 Å². The second-order valence-corrected chi connectivity index (χ2v) is 9.43. The van der Waals surface area contributed by atoms with Gasteiger partial charge in [-0.25, -0.2) is 4.39 Å². The maximum Gasteiger partial charge on any atom is 0.235 e. The topological polar surface area (TPSA) is 51.0 Å². The summed E-state index contributed by atoms with van der Waals surface area (Å²) in [5, 5.41) is 8.98. The summed E-state index contributed by atoms with van der Waals surface area (Å²) >= 11 is 1.39. The highest BCUT2D eigenvalue weighted by Crippen LogP contribution is 2.30. The van der Waals surface area contributed by atoms with E-state index in [1.54, 1.807) is 18.2 Å². The molecule has 1 aliphatic heterocycles. The van der Waals surface area contributed by atoms with Crippen molar-refractivity contribution in [1.29, 1.82) is 0 Å². The second-order valence-electron chi connectivity index (χ2n) is 8.13. The maximum absolute atomic E-state index is 14.5. The smallest absolute Gasteiger partial charge is 0.235 e. The number of benzene rings is 2. The van der Waals surface area contributed by atoms with Gasteiger partial charge < -0.3 is 4.90 Å². The van der Waals surface area contributed by atoms with Crippen molar-refractivity contribution in [3.63, 3.8) is 0 Å². The number of likely N-dealkylation sites (tertiary alicyclic amines) is 1. The standard InChI is InChI=1S/C24H27FN4OS/c1-17-12-14-28(15-13-17)23(30)18(2)31-24-27-26-22(20-10-6-7-11-21(20)25)29(24)16-19-8-4-3-5-9-19/h3-11,17-18H,12-16H2,1-2H3/t18-/m1/s1. The van der Waals surface area contributed by atoms with Gasteiger partial charge in [0.1, 0.15) is 5.82 Å². The SMILES string of the molecule is CC1CCN(C(=O)[C@@H](C)Sc2nnc(-c3ccccc3F)n2Cc2ccccc2)CC1. The lowest BCUT2D eigenvalue weighted by Crippen LogP contribution is -2.41. The van der Waals surface area contributed by atoms with Gasteiger partial charge in [-0.3, -0.25) is 9.36 Å². The molecule has 7 heteroatoms. The van der Waals surface area contributed by atoms with Crippen molar-refractivity contribution in [2.75, 3.05) is 13.1 Å². The first-order valence-corrected chi connectivity index (χ1v) is 11.6. The van der Waals surface area contributed by atoms with Crippen LogP contribution >= 0.6 is 11.8 Å². The van der Waals surface area contributed by atoms with E-state index in [-0.39, 0.29) is 17.0 Å². The summed E-state index contributed by atoms with van der Waals surface area (Å²) in [5.74, 6) is 0.922. The van der Waals surface area contributed by atoms with E-state index in [0.29, 0.717) is 29.0 Å². The number of piperidine rings is 1. The Kier molecular flexibility index (Phi) is 6.70. The van der Waals surface area contributed by atoms with Gasteiger partial charge in [-0.1, -0.05) is 61.2 Å². The molecular formula is C24H27FN4OS. The Hall–Kier alpha value is -2.67. The summed E-state index contributed by atoms with van der Waals surface area (Å²) in [7, 11) is 0. The zero-order valence-electron chi connectivity index (χ0n) is 17.9. The molecule has 1 fully saturated rings. The Morgan fingerprint density at radius 3 is 2.48 bits per heavy atom. The highest BCUT2D eigenvalue weighted by molar-refractivity contribution is 8.00. The third kappa shape index (κ3) is 4.98. The molecule has 31 heavy (non-hydrogen) atoms. The fraction of sp³-hybridized carbons (Fsp3) is 0.375. The van der Waals surface area contributed by atoms with Gasteiger partial charge in [-0.15, -0.1) is 10.2 Å². The third-order valence-corrected chi connectivity index (χ3v) is 6.81.